The maximum atomic E-state index is 12.6. The Morgan fingerprint density at radius 2 is 1.04 bits per heavy atom. The number of aliphatic hydroxyl groups is 2. The van der Waals surface area contributed by atoms with Crippen LogP contribution in [0.4, 0.5) is 0 Å². The monoisotopic (exact) mass is 771 g/mol. The van der Waals surface area contributed by atoms with Gasteiger partial charge in [0.15, 0.2) is 6.10 Å². The Labute approximate surface area is 322 Å². The van der Waals surface area contributed by atoms with E-state index in [0.717, 1.165) is 89.9 Å². The van der Waals surface area contributed by atoms with Gasteiger partial charge in [-0.25, -0.2) is 4.57 Å². The molecule has 3 N–H and O–H groups in total. The van der Waals surface area contributed by atoms with Crippen molar-refractivity contribution in [2.75, 3.05) is 26.4 Å². The Kier molecular flexibility index (Phi) is 36.7. The van der Waals surface area contributed by atoms with E-state index in [1.165, 1.54) is 38.5 Å². The first-order chi connectivity index (χ1) is 25.7. The minimum atomic E-state index is -4.62. The first-order valence-electron chi connectivity index (χ1n) is 20.6. The van der Waals surface area contributed by atoms with Gasteiger partial charge in [-0.3, -0.25) is 18.6 Å². The highest BCUT2D eigenvalue weighted by Gasteiger charge is 2.27. The topological polar surface area (TPSA) is 149 Å². The first kappa shape index (κ1) is 50.9. The summed E-state index contributed by atoms with van der Waals surface area (Å²) in [4.78, 5) is 34.9. The third-order valence-corrected chi connectivity index (χ3v) is 9.42. The number of aliphatic hydroxyl groups excluding tert-OH is 2. The molecule has 0 spiro atoms. The smallest absolute Gasteiger partial charge is 0.462 e. The van der Waals surface area contributed by atoms with E-state index in [1.54, 1.807) is 0 Å². The third-order valence-electron chi connectivity index (χ3n) is 8.47. The molecule has 0 rings (SSSR count). The number of hydrogen-bond donors (Lipinski definition) is 3. The van der Waals surface area contributed by atoms with E-state index >= 15 is 0 Å². The molecule has 1 unspecified atom stereocenters. The molecular formula is C42H75O10P. The van der Waals surface area contributed by atoms with Gasteiger partial charge in [0.1, 0.15) is 12.7 Å². The van der Waals surface area contributed by atoms with E-state index < -0.39 is 51.8 Å². The van der Waals surface area contributed by atoms with Crippen molar-refractivity contribution >= 4 is 19.8 Å². The number of phosphoric acid groups is 1. The Bertz CT molecular complexity index is 1030. The molecule has 0 bridgehead atoms. The van der Waals surface area contributed by atoms with Gasteiger partial charge in [-0.2, -0.15) is 0 Å². The zero-order valence-electron chi connectivity index (χ0n) is 33.2. The van der Waals surface area contributed by atoms with Crippen molar-refractivity contribution < 1.29 is 47.8 Å². The fraction of sp³-hybridized carbons (Fsp3) is 0.762. The average Bonchev–Trinajstić information content (AvgIpc) is 3.14. The number of rotatable bonds is 38. The van der Waals surface area contributed by atoms with Crippen LogP contribution in [-0.2, 0) is 32.7 Å². The average molecular weight is 771 g/mol. The van der Waals surface area contributed by atoms with Gasteiger partial charge in [0.05, 0.1) is 19.8 Å². The molecule has 0 aliphatic rings. The molecule has 0 aromatic heterocycles. The summed E-state index contributed by atoms with van der Waals surface area (Å²) in [6.07, 6.45) is 39.3. The number of esters is 2. The van der Waals surface area contributed by atoms with Crippen molar-refractivity contribution in [2.45, 2.75) is 180 Å². The predicted molar refractivity (Wildman–Crippen MR) is 214 cm³/mol. The summed E-state index contributed by atoms with van der Waals surface area (Å²) >= 11 is 0. The van der Waals surface area contributed by atoms with Crippen LogP contribution in [0, 0.1) is 0 Å². The van der Waals surface area contributed by atoms with Gasteiger partial charge in [0, 0.05) is 12.8 Å². The molecule has 0 aliphatic heterocycles. The summed E-state index contributed by atoms with van der Waals surface area (Å²) in [6.45, 7) is 2.22. The standard InChI is InChI=1S/C42H75O10P/c1-3-5-7-9-11-13-15-17-19-21-23-25-27-29-31-33-41(45)49-37-40(38-51-53(47,48)50-36-39(44)35-43)52-42(46)34-32-30-28-26-24-22-20-18-16-14-12-10-8-6-4-2/h6,8,12,14,17-20,39-40,43-44H,3-5,7,9-11,13,15-16,21-38H2,1-2H3,(H,47,48)/t39-,40+/m0/s1. The van der Waals surface area contributed by atoms with Crippen LogP contribution < -0.4 is 0 Å². The second-order valence-electron chi connectivity index (χ2n) is 13.6. The van der Waals surface area contributed by atoms with Gasteiger partial charge in [-0.05, 0) is 70.6 Å². The molecule has 308 valence electrons. The maximum absolute atomic E-state index is 12.6. The molecule has 3 atom stereocenters. The van der Waals surface area contributed by atoms with Crippen molar-refractivity contribution in [1.82, 2.24) is 0 Å². The second-order valence-corrected chi connectivity index (χ2v) is 15.1. The highest BCUT2D eigenvalue weighted by molar-refractivity contribution is 7.47. The van der Waals surface area contributed by atoms with E-state index in [-0.39, 0.29) is 19.4 Å². The molecule has 0 aromatic carbocycles. The Hall–Kier alpha value is -2.07. The van der Waals surface area contributed by atoms with Gasteiger partial charge >= 0.3 is 19.8 Å². The fourth-order valence-corrected chi connectivity index (χ4v) is 6.08. The van der Waals surface area contributed by atoms with E-state index in [1.807, 2.05) is 0 Å². The van der Waals surface area contributed by atoms with Crippen LogP contribution in [0.1, 0.15) is 168 Å². The lowest BCUT2D eigenvalue weighted by Gasteiger charge is -2.20. The lowest BCUT2D eigenvalue weighted by molar-refractivity contribution is -0.161. The quantitative estimate of drug-likeness (QED) is 0.0240. The molecule has 0 saturated heterocycles. The third kappa shape index (κ3) is 38.0. The molecule has 0 amide bonds. The molecule has 0 heterocycles. The van der Waals surface area contributed by atoms with Gasteiger partial charge in [-0.15, -0.1) is 0 Å². The molecular weight excluding hydrogens is 695 g/mol. The molecule has 0 aromatic rings. The summed E-state index contributed by atoms with van der Waals surface area (Å²) in [7, 11) is -4.62. The van der Waals surface area contributed by atoms with E-state index in [9.17, 15) is 24.2 Å². The number of carbonyl (C=O) groups excluding carboxylic acids is 2. The second kappa shape index (κ2) is 38.2. The number of hydrogen-bond acceptors (Lipinski definition) is 9. The minimum absolute atomic E-state index is 0.162. The SMILES string of the molecule is CCC=CCC=CCC=CCCCCCCCC(=O)O[C@H](COC(=O)CCCCCCCC=CCCCCCCCC)COP(=O)(O)OC[C@@H](O)CO. The Morgan fingerprint density at radius 1 is 0.585 bits per heavy atom. The van der Waals surface area contributed by atoms with Crippen molar-refractivity contribution in [3.8, 4) is 0 Å². The first-order valence-corrected chi connectivity index (χ1v) is 22.1. The van der Waals surface area contributed by atoms with Crippen LogP contribution in [0.5, 0.6) is 0 Å². The normalized spacial score (nSPS) is 14.4. The summed E-state index contributed by atoms with van der Waals surface area (Å²) in [5.41, 5.74) is 0. The van der Waals surface area contributed by atoms with Crippen LogP contribution in [0.15, 0.2) is 48.6 Å². The molecule has 0 saturated carbocycles. The number of unbranched alkanes of at least 4 members (excludes halogenated alkanes) is 16. The summed E-state index contributed by atoms with van der Waals surface area (Å²) in [5.74, 6) is -0.957. The summed E-state index contributed by atoms with van der Waals surface area (Å²) < 4.78 is 32.6. The number of phosphoric ester groups is 1. The zero-order valence-corrected chi connectivity index (χ0v) is 34.1. The van der Waals surface area contributed by atoms with Gasteiger partial charge < -0.3 is 24.6 Å². The summed E-state index contributed by atoms with van der Waals surface area (Å²) in [6, 6.07) is 0. The van der Waals surface area contributed by atoms with E-state index in [4.69, 9.17) is 19.1 Å². The molecule has 0 fully saturated rings. The van der Waals surface area contributed by atoms with Crippen molar-refractivity contribution in [3.05, 3.63) is 48.6 Å². The zero-order chi connectivity index (χ0) is 39.1. The number of ether oxygens (including phenoxy) is 2. The van der Waals surface area contributed by atoms with E-state index in [2.05, 4.69) is 67.0 Å². The van der Waals surface area contributed by atoms with E-state index in [0.29, 0.717) is 12.8 Å². The highest BCUT2D eigenvalue weighted by atomic mass is 31.2. The molecule has 53 heavy (non-hydrogen) atoms. The Balaban J connectivity index is 4.37. The van der Waals surface area contributed by atoms with Crippen molar-refractivity contribution in [1.29, 1.82) is 0 Å². The molecule has 0 radical (unpaired) electrons. The molecule has 11 heteroatoms. The highest BCUT2D eigenvalue weighted by Crippen LogP contribution is 2.43. The predicted octanol–water partition coefficient (Wildman–Crippen LogP) is 10.6. The lowest BCUT2D eigenvalue weighted by Crippen LogP contribution is -2.29. The summed E-state index contributed by atoms with van der Waals surface area (Å²) in [5, 5.41) is 18.3. The fourth-order valence-electron chi connectivity index (χ4n) is 5.30. The number of allylic oxidation sites excluding steroid dienone is 8. The lowest BCUT2D eigenvalue weighted by atomic mass is 10.1. The maximum Gasteiger partial charge on any atom is 0.472 e. The minimum Gasteiger partial charge on any atom is -0.462 e. The van der Waals surface area contributed by atoms with Gasteiger partial charge in [-0.1, -0.05) is 133 Å². The molecule has 10 nitrogen and oxygen atoms in total. The van der Waals surface area contributed by atoms with Crippen LogP contribution in [0.25, 0.3) is 0 Å². The number of carbonyl (C=O) groups is 2. The van der Waals surface area contributed by atoms with Crippen LogP contribution in [0.3, 0.4) is 0 Å². The van der Waals surface area contributed by atoms with Gasteiger partial charge in [0.25, 0.3) is 0 Å². The van der Waals surface area contributed by atoms with Crippen LogP contribution in [0.2, 0.25) is 0 Å². The van der Waals surface area contributed by atoms with Crippen molar-refractivity contribution in [3.63, 3.8) is 0 Å². The van der Waals surface area contributed by atoms with Crippen LogP contribution >= 0.6 is 7.82 Å². The largest absolute Gasteiger partial charge is 0.472 e. The van der Waals surface area contributed by atoms with Crippen LogP contribution in [-0.4, -0.2) is 65.7 Å². The van der Waals surface area contributed by atoms with Gasteiger partial charge in [0.2, 0.25) is 0 Å². The van der Waals surface area contributed by atoms with Crippen molar-refractivity contribution in [2.24, 2.45) is 0 Å². The Morgan fingerprint density at radius 3 is 1.58 bits per heavy atom. The molecule has 0 aliphatic carbocycles.